The maximum Gasteiger partial charge on any atom is 0.416 e. The van der Waals surface area contributed by atoms with Gasteiger partial charge < -0.3 is 9.64 Å². The number of ether oxygens (including phenoxy) is 1. The summed E-state index contributed by atoms with van der Waals surface area (Å²) in [7, 11) is 0. The van der Waals surface area contributed by atoms with E-state index in [2.05, 4.69) is 5.32 Å². The standard InChI is InChI=1S/C16H17F3N2O2S/c1-2-23-15(22)20-14-21(12-7-4-8-13(12)24-14)11-6-3-5-10(9-11)16(17,18)19/h3,5-6,9,14H,2,4,7-8H2,1H3,(H,20,22). The molecule has 0 bridgehead atoms. The Bertz CT molecular complexity index is 676. The fourth-order valence-corrected chi connectivity index (χ4v) is 4.28. The van der Waals surface area contributed by atoms with Crippen molar-refractivity contribution in [1.29, 1.82) is 0 Å². The van der Waals surface area contributed by atoms with Crippen LogP contribution in [0.3, 0.4) is 0 Å². The second-order valence-corrected chi connectivity index (χ2v) is 6.65. The number of carbonyl (C=O) groups excluding carboxylic acids is 1. The number of alkyl halides is 3. The van der Waals surface area contributed by atoms with Gasteiger partial charge in [0.2, 0.25) is 0 Å². The van der Waals surface area contributed by atoms with Gasteiger partial charge in [-0.05, 0) is 44.4 Å². The van der Waals surface area contributed by atoms with Gasteiger partial charge >= 0.3 is 12.3 Å². The van der Waals surface area contributed by atoms with Gasteiger partial charge in [-0.25, -0.2) is 4.79 Å². The van der Waals surface area contributed by atoms with Gasteiger partial charge in [-0.3, -0.25) is 5.32 Å². The Morgan fingerprint density at radius 1 is 1.42 bits per heavy atom. The normalized spacial score (nSPS) is 20.3. The first-order chi connectivity index (χ1) is 11.4. The summed E-state index contributed by atoms with van der Waals surface area (Å²) in [6, 6.07) is 5.18. The first-order valence-electron chi connectivity index (χ1n) is 7.68. The summed E-state index contributed by atoms with van der Waals surface area (Å²) in [5.41, 5.74) is 0.219. The fraction of sp³-hybridized carbons (Fsp3) is 0.438. The third-order valence-corrected chi connectivity index (χ3v) is 5.16. The molecule has 1 aliphatic carbocycles. The Hall–Kier alpha value is -1.83. The molecule has 0 saturated carbocycles. The predicted octanol–water partition coefficient (Wildman–Crippen LogP) is 4.68. The van der Waals surface area contributed by atoms with Crippen LogP contribution in [0, 0.1) is 0 Å². The largest absolute Gasteiger partial charge is 0.450 e. The van der Waals surface area contributed by atoms with Crippen LogP contribution in [-0.4, -0.2) is 18.2 Å². The minimum absolute atomic E-state index is 0.236. The lowest BCUT2D eigenvalue weighted by Crippen LogP contribution is -2.43. The number of amides is 1. The molecule has 1 atom stereocenters. The van der Waals surface area contributed by atoms with E-state index in [1.165, 1.54) is 17.8 Å². The van der Waals surface area contributed by atoms with Crippen LogP contribution in [0.4, 0.5) is 23.7 Å². The monoisotopic (exact) mass is 358 g/mol. The molecule has 0 aromatic heterocycles. The number of rotatable bonds is 3. The lowest BCUT2D eigenvalue weighted by Gasteiger charge is -2.29. The van der Waals surface area contributed by atoms with Crippen LogP contribution in [0.1, 0.15) is 31.7 Å². The van der Waals surface area contributed by atoms with Gasteiger partial charge in [0.25, 0.3) is 0 Å². The average molecular weight is 358 g/mol. The second-order valence-electron chi connectivity index (χ2n) is 5.48. The van der Waals surface area contributed by atoms with Crippen LogP contribution >= 0.6 is 11.8 Å². The van der Waals surface area contributed by atoms with Crippen molar-refractivity contribution in [3.63, 3.8) is 0 Å². The van der Waals surface area contributed by atoms with Crippen LogP contribution in [-0.2, 0) is 10.9 Å². The van der Waals surface area contributed by atoms with Crippen LogP contribution in [0.15, 0.2) is 34.9 Å². The van der Waals surface area contributed by atoms with Gasteiger partial charge in [0.15, 0.2) is 5.50 Å². The van der Waals surface area contributed by atoms with E-state index in [0.29, 0.717) is 5.69 Å². The van der Waals surface area contributed by atoms with Crippen molar-refractivity contribution in [3.8, 4) is 0 Å². The Morgan fingerprint density at radius 2 is 2.21 bits per heavy atom. The molecule has 130 valence electrons. The summed E-state index contributed by atoms with van der Waals surface area (Å²) in [5.74, 6) is 0. The third kappa shape index (κ3) is 3.33. The van der Waals surface area contributed by atoms with Crippen molar-refractivity contribution >= 4 is 23.5 Å². The van der Waals surface area contributed by atoms with Gasteiger partial charge in [-0.1, -0.05) is 17.8 Å². The second kappa shape index (κ2) is 6.58. The minimum Gasteiger partial charge on any atom is -0.450 e. The van der Waals surface area contributed by atoms with E-state index in [4.69, 9.17) is 4.74 Å². The number of carbonyl (C=O) groups is 1. The van der Waals surface area contributed by atoms with E-state index in [9.17, 15) is 18.0 Å². The number of halogens is 3. The van der Waals surface area contributed by atoms with Crippen molar-refractivity contribution in [3.05, 3.63) is 40.4 Å². The molecule has 0 radical (unpaired) electrons. The summed E-state index contributed by atoms with van der Waals surface area (Å²) >= 11 is 1.46. The maximum absolute atomic E-state index is 13.0. The molecule has 0 spiro atoms. The van der Waals surface area contributed by atoms with E-state index >= 15 is 0 Å². The van der Waals surface area contributed by atoms with E-state index in [0.717, 1.165) is 42.0 Å². The Labute approximate surface area is 142 Å². The highest BCUT2D eigenvalue weighted by molar-refractivity contribution is 8.04. The van der Waals surface area contributed by atoms with Crippen LogP contribution < -0.4 is 10.2 Å². The highest BCUT2D eigenvalue weighted by Gasteiger charge is 2.38. The third-order valence-electron chi connectivity index (χ3n) is 3.89. The van der Waals surface area contributed by atoms with Crippen LogP contribution in [0.25, 0.3) is 0 Å². The minimum atomic E-state index is -4.40. The average Bonchev–Trinajstić information content (AvgIpc) is 3.07. The zero-order valence-electron chi connectivity index (χ0n) is 13.0. The maximum atomic E-state index is 13.0. The van der Waals surface area contributed by atoms with Gasteiger partial charge in [-0.2, -0.15) is 13.2 Å². The molecule has 0 saturated heterocycles. The lowest BCUT2D eigenvalue weighted by atomic mass is 10.1. The van der Waals surface area contributed by atoms with Crippen molar-refractivity contribution in [2.75, 3.05) is 11.5 Å². The summed E-state index contributed by atoms with van der Waals surface area (Å²) in [6.07, 6.45) is -2.33. The van der Waals surface area contributed by atoms with Gasteiger partial charge in [0.05, 0.1) is 12.2 Å². The molecular weight excluding hydrogens is 341 g/mol. The fourth-order valence-electron chi connectivity index (χ4n) is 2.90. The quantitative estimate of drug-likeness (QED) is 0.852. The SMILES string of the molecule is CCOC(=O)NC1SC2=C(CCC2)N1c1cccc(C(F)(F)F)c1. The number of anilines is 1. The summed E-state index contributed by atoms with van der Waals surface area (Å²) in [6.45, 7) is 1.93. The number of hydrogen-bond acceptors (Lipinski definition) is 4. The smallest absolute Gasteiger partial charge is 0.416 e. The molecule has 1 aromatic rings. The van der Waals surface area contributed by atoms with Crippen LogP contribution in [0.2, 0.25) is 0 Å². The number of nitrogens with one attached hydrogen (secondary N) is 1. The van der Waals surface area contributed by atoms with Gasteiger partial charge in [0, 0.05) is 16.3 Å². The van der Waals surface area contributed by atoms with Crippen molar-refractivity contribution in [2.45, 2.75) is 37.9 Å². The molecule has 4 nitrogen and oxygen atoms in total. The summed E-state index contributed by atoms with van der Waals surface area (Å²) < 4.78 is 43.9. The number of allylic oxidation sites excluding steroid dienone is 2. The topological polar surface area (TPSA) is 41.6 Å². The van der Waals surface area contributed by atoms with Crippen molar-refractivity contribution in [1.82, 2.24) is 5.32 Å². The number of nitrogens with zero attached hydrogens (tertiary/aromatic N) is 1. The summed E-state index contributed by atoms with van der Waals surface area (Å²) in [5, 5.41) is 2.72. The van der Waals surface area contributed by atoms with Crippen LogP contribution in [0.5, 0.6) is 0 Å². The number of alkyl carbamates (subject to hydrolysis) is 1. The molecule has 1 unspecified atom stereocenters. The molecule has 3 rings (SSSR count). The molecular formula is C16H17F3N2O2S. The molecule has 0 fully saturated rings. The number of thioether (sulfide) groups is 1. The highest BCUT2D eigenvalue weighted by Crippen LogP contribution is 2.48. The number of hydrogen-bond donors (Lipinski definition) is 1. The van der Waals surface area contributed by atoms with Gasteiger partial charge in [0.1, 0.15) is 0 Å². The highest BCUT2D eigenvalue weighted by atomic mass is 32.2. The summed E-state index contributed by atoms with van der Waals surface area (Å²) in [4.78, 5) is 14.6. The first kappa shape index (κ1) is 17.0. The molecule has 1 aliphatic heterocycles. The molecule has 1 heterocycles. The Morgan fingerprint density at radius 3 is 2.92 bits per heavy atom. The Kier molecular flexibility index (Phi) is 4.67. The molecule has 2 aliphatic rings. The molecule has 1 aromatic carbocycles. The molecule has 24 heavy (non-hydrogen) atoms. The van der Waals surface area contributed by atoms with Crippen molar-refractivity contribution in [2.24, 2.45) is 0 Å². The molecule has 1 amide bonds. The van der Waals surface area contributed by atoms with E-state index < -0.39 is 23.3 Å². The predicted molar refractivity (Wildman–Crippen MR) is 86.3 cm³/mol. The lowest BCUT2D eigenvalue weighted by molar-refractivity contribution is -0.137. The zero-order chi connectivity index (χ0) is 17.3. The van der Waals surface area contributed by atoms with E-state index in [1.54, 1.807) is 17.9 Å². The molecule has 8 heteroatoms. The number of benzene rings is 1. The first-order valence-corrected chi connectivity index (χ1v) is 8.56. The zero-order valence-corrected chi connectivity index (χ0v) is 13.8. The van der Waals surface area contributed by atoms with E-state index in [-0.39, 0.29) is 6.61 Å². The van der Waals surface area contributed by atoms with E-state index in [1.807, 2.05) is 0 Å². The van der Waals surface area contributed by atoms with Gasteiger partial charge in [-0.15, -0.1) is 0 Å². The molecule has 1 N–H and O–H groups in total. The Balaban J connectivity index is 1.90. The van der Waals surface area contributed by atoms with Crippen molar-refractivity contribution < 1.29 is 22.7 Å².